The van der Waals surface area contributed by atoms with Crippen molar-refractivity contribution in [3.8, 4) is 0 Å². The summed E-state index contributed by atoms with van der Waals surface area (Å²) in [6, 6.07) is 10.7. The van der Waals surface area contributed by atoms with Gasteiger partial charge in [-0.25, -0.2) is 0 Å². The van der Waals surface area contributed by atoms with E-state index in [4.69, 9.17) is 0 Å². The standard InChI is InChI=1S/C34H52N2O/c1-25(12-17-32(37)36-23-21-35(22-24-36)27-10-5-4-6-11-27)29-15-16-30-28-14-13-26-9-7-8-19-33(26,2)31(28)18-20-34(29,30)3/h4-6,10-11,25-26,28-31H,7-9,12-24H2,1-3H3/t25-,26+,28?,29-,30?,31?,33+,34-/m1/s1. The molecule has 204 valence electrons. The summed E-state index contributed by atoms with van der Waals surface area (Å²) in [6.45, 7) is 11.5. The maximum Gasteiger partial charge on any atom is 0.222 e. The molecule has 1 amide bonds. The third-order valence-electron chi connectivity index (χ3n) is 12.9. The quantitative estimate of drug-likeness (QED) is 0.408. The SMILES string of the molecule is C[C@H](CCC(=O)N1CCN(c2ccccc2)CC1)[C@H]1CCC2C3CC[C@@H]4CCCC[C@]4(C)C3CC[C@@]21C. The number of rotatable bonds is 5. The second-order valence-electron chi connectivity index (χ2n) is 14.4. The first-order chi connectivity index (χ1) is 17.9. The molecule has 4 aliphatic carbocycles. The lowest BCUT2D eigenvalue weighted by molar-refractivity contribution is -0.132. The molecular formula is C34H52N2O. The van der Waals surface area contributed by atoms with Crippen molar-refractivity contribution in [2.45, 2.75) is 97.8 Å². The predicted octanol–water partition coefficient (Wildman–Crippen LogP) is 7.80. The van der Waals surface area contributed by atoms with Gasteiger partial charge in [0, 0.05) is 38.3 Å². The lowest BCUT2D eigenvalue weighted by Crippen LogP contribution is -2.53. The van der Waals surface area contributed by atoms with Gasteiger partial charge in [-0.3, -0.25) is 4.79 Å². The monoisotopic (exact) mass is 504 g/mol. The van der Waals surface area contributed by atoms with E-state index >= 15 is 0 Å². The van der Waals surface area contributed by atoms with Crippen LogP contribution in [0.5, 0.6) is 0 Å². The van der Waals surface area contributed by atoms with Gasteiger partial charge in [0.2, 0.25) is 5.91 Å². The number of hydrogen-bond donors (Lipinski definition) is 0. The molecule has 3 unspecified atom stereocenters. The van der Waals surface area contributed by atoms with Crippen molar-refractivity contribution < 1.29 is 4.79 Å². The Labute approximate surface area is 226 Å². The van der Waals surface area contributed by atoms with Crippen LogP contribution in [0, 0.1) is 46.3 Å². The molecule has 5 aliphatic rings. The molecule has 5 fully saturated rings. The van der Waals surface area contributed by atoms with E-state index in [0.29, 0.717) is 22.7 Å². The van der Waals surface area contributed by atoms with Crippen molar-refractivity contribution in [1.82, 2.24) is 4.90 Å². The zero-order valence-corrected chi connectivity index (χ0v) is 24.0. The summed E-state index contributed by atoms with van der Waals surface area (Å²) >= 11 is 0. The van der Waals surface area contributed by atoms with E-state index in [-0.39, 0.29) is 0 Å². The van der Waals surface area contributed by atoms with Crippen LogP contribution >= 0.6 is 0 Å². The van der Waals surface area contributed by atoms with Crippen molar-refractivity contribution in [3.05, 3.63) is 30.3 Å². The van der Waals surface area contributed by atoms with Crippen molar-refractivity contribution in [3.63, 3.8) is 0 Å². The fourth-order valence-electron chi connectivity index (χ4n) is 10.8. The van der Waals surface area contributed by atoms with Crippen LogP contribution in [0.25, 0.3) is 0 Å². The first-order valence-electron chi connectivity index (χ1n) is 16.0. The lowest BCUT2D eigenvalue weighted by Gasteiger charge is -2.61. The lowest BCUT2D eigenvalue weighted by atomic mass is 9.44. The Kier molecular flexibility index (Phi) is 7.12. The van der Waals surface area contributed by atoms with Crippen LogP contribution in [0.1, 0.15) is 97.8 Å². The minimum atomic E-state index is 0.395. The maximum absolute atomic E-state index is 13.2. The summed E-state index contributed by atoms with van der Waals surface area (Å²) in [5.41, 5.74) is 2.44. The zero-order chi connectivity index (χ0) is 25.6. The largest absolute Gasteiger partial charge is 0.368 e. The number of para-hydroxylation sites is 1. The molecule has 0 radical (unpaired) electrons. The Bertz CT molecular complexity index is 938. The average molecular weight is 505 g/mol. The third kappa shape index (κ3) is 4.55. The van der Waals surface area contributed by atoms with E-state index < -0.39 is 0 Å². The van der Waals surface area contributed by atoms with Crippen LogP contribution in [0.2, 0.25) is 0 Å². The molecular weight excluding hydrogens is 452 g/mol. The van der Waals surface area contributed by atoms with Gasteiger partial charge in [-0.2, -0.15) is 0 Å². The van der Waals surface area contributed by atoms with Crippen LogP contribution in [0.15, 0.2) is 30.3 Å². The molecule has 37 heavy (non-hydrogen) atoms. The number of anilines is 1. The highest BCUT2D eigenvalue weighted by molar-refractivity contribution is 5.76. The molecule has 0 bridgehead atoms. The Morgan fingerprint density at radius 3 is 2.41 bits per heavy atom. The normalized spacial score (nSPS) is 40.5. The van der Waals surface area contributed by atoms with Crippen LogP contribution in [0.3, 0.4) is 0 Å². The molecule has 1 aromatic carbocycles. The molecule has 0 spiro atoms. The molecule has 4 saturated carbocycles. The highest BCUT2D eigenvalue weighted by Gasteiger charge is 2.60. The van der Waals surface area contributed by atoms with Crippen LogP contribution in [0.4, 0.5) is 5.69 Å². The summed E-state index contributed by atoms with van der Waals surface area (Å²) in [5, 5.41) is 0. The van der Waals surface area contributed by atoms with Crippen molar-refractivity contribution in [1.29, 1.82) is 0 Å². The number of benzene rings is 1. The molecule has 8 atom stereocenters. The molecule has 6 rings (SSSR count). The number of hydrogen-bond acceptors (Lipinski definition) is 2. The van der Waals surface area contributed by atoms with E-state index in [2.05, 4.69) is 60.9 Å². The Morgan fingerprint density at radius 1 is 0.865 bits per heavy atom. The third-order valence-corrected chi connectivity index (χ3v) is 12.9. The van der Waals surface area contributed by atoms with E-state index in [1.54, 1.807) is 0 Å². The van der Waals surface area contributed by atoms with Gasteiger partial charge in [-0.05, 0) is 116 Å². The molecule has 0 N–H and O–H groups in total. The van der Waals surface area contributed by atoms with Crippen molar-refractivity contribution >= 4 is 11.6 Å². The minimum Gasteiger partial charge on any atom is -0.368 e. The second-order valence-corrected chi connectivity index (χ2v) is 14.4. The number of fused-ring (bicyclic) bond motifs is 5. The molecule has 3 heteroatoms. The summed E-state index contributed by atoms with van der Waals surface area (Å²) < 4.78 is 0. The van der Waals surface area contributed by atoms with Gasteiger partial charge >= 0.3 is 0 Å². The number of amides is 1. The number of piperazine rings is 1. The summed E-state index contributed by atoms with van der Waals surface area (Å²) in [5.74, 6) is 5.82. The van der Waals surface area contributed by atoms with E-state index in [1.165, 1.54) is 69.9 Å². The zero-order valence-electron chi connectivity index (χ0n) is 24.0. The minimum absolute atomic E-state index is 0.395. The number of nitrogens with zero attached hydrogens (tertiary/aromatic N) is 2. The molecule has 1 heterocycles. The van der Waals surface area contributed by atoms with E-state index in [1.807, 2.05) is 0 Å². The van der Waals surface area contributed by atoms with Crippen LogP contribution in [-0.2, 0) is 4.79 Å². The van der Waals surface area contributed by atoms with Gasteiger partial charge in [0.05, 0.1) is 0 Å². The molecule has 0 aromatic heterocycles. The Balaban J connectivity index is 1.03. The van der Waals surface area contributed by atoms with Gasteiger partial charge < -0.3 is 9.80 Å². The predicted molar refractivity (Wildman–Crippen MR) is 153 cm³/mol. The number of carbonyl (C=O) groups is 1. The molecule has 1 saturated heterocycles. The van der Waals surface area contributed by atoms with Crippen molar-refractivity contribution in [2.75, 3.05) is 31.1 Å². The smallest absolute Gasteiger partial charge is 0.222 e. The van der Waals surface area contributed by atoms with Gasteiger partial charge in [0.25, 0.3) is 0 Å². The summed E-state index contributed by atoms with van der Waals surface area (Å²) in [6.07, 6.45) is 16.6. The summed E-state index contributed by atoms with van der Waals surface area (Å²) in [7, 11) is 0. The Hall–Kier alpha value is -1.51. The Morgan fingerprint density at radius 2 is 1.62 bits per heavy atom. The van der Waals surface area contributed by atoms with Crippen LogP contribution in [-0.4, -0.2) is 37.0 Å². The molecule has 3 nitrogen and oxygen atoms in total. The van der Waals surface area contributed by atoms with Gasteiger partial charge in [0.15, 0.2) is 0 Å². The maximum atomic E-state index is 13.2. The fraction of sp³-hybridized carbons (Fsp3) is 0.794. The number of carbonyl (C=O) groups excluding carboxylic acids is 1. The van der Waals surface area contributed by atoms with E-state index in [0.717, 1.165) is 68.6 Å². The fourth-order valence-corrected chi connectivity index (χ4v) is 10.8. The topological polar surface area (TPSA) is 23.6 Å². The second kappa shape index (κ2) is 10.2. The first-order valence-corrected chi connectivity index (χ1v) is 16.0. The van der Waals surface area contributed by atoms with Crippen LogP contribution < -0.4 is 4.90 Å². The van der Waals surface area contributed by atoms with Gasteiger partial charge in [-0.15, -0.1) is 0 Å². The first kappa shape index (κ1) is 25.8. The summed E-state index contributed by atoms with van der Waals surface area (Å²) in [4.78, 5) is 17.7. The van der Waals surface area contributed by atoms with Gasteiger partial charge in [-0.1, -0.05) is 51.8 Å². The van der Waals surface area contributed by atoms with Crippen molar-refractivity contribution in [2.24, 2.45) is 46.3 Å². The molecule has 1 aromatic rings. The van der Waals surface area contributed by atoms with E-state index in [9.17, 15) is 4.79 Å². The highest BCUT2D eigenvalue weighted by atomic mass is 16.2. The average Bonchev–Trinajstić information content (AvgIpc) is 3.29. The van der Waals surface area contributed by atoms with Gasteiger partial charge in [0.1, 0.15) is 0 Å². The highest BCUT2D eigenvalue weighted by Crippen LogP contribution is 2.68. The molecule has 1 aliphatic heterocycles.